The Morgan fingerprint density at radius 3 is 2.88 bits per heavy atom. The van der Waals surface area contributed by atoms with Gasteiger partial charge in [-0.3, -0.25) is 4.79 Å². The average Bonchev–Trinajstić information content (AvgIpc) is 2.77. The number of carbonyl (C=O) groups is 2. The highest BCUT2D eigenvalue weighted by Crippen LogP contribution is 2.20. The van der Waals surface area contributed by atoms with Gasteiger partial charge < -0.3 is 10.0 Å². The number of carboxylic acids is 1. The second-order valence-electron chi connectivity index (χ2n) is 3.84. The number of pyridine rings is 1. The summed E-state index contributed by atoms with van der Waals surface area (Å²) in [5, 5.41) is 9.22. The van der Waals surface area contributed by atoms with E-state index >= 15 is 0 Å². The van der Waals surface area contributed by atoms with Crippen molar-refractivity contribution in [1.82, 2.24) is 9.88 Å². The van der Waals surface area contributed by atoms with Gasteiger partial charge in [-0.15, -0.1) is 0 Å². The van der Waals surface area contributed by atoms with E-state index in [1.54, 1.807) is 12.1 Å². The van der Waals surface area contributed by atoms with Gasteiger partial charge in [0.2, 0.25) is 0 Å². The number of nitrogens with zero attached hydrogens (tertiary/aromatic N) is 2. The van der Waals surface area contributed by atoms with Crippen LogP contribution in [0.25, 0.3) is 0 Å². The van der Waals surface area contributed by atoms with Crippen molar-refractivity contribution in [3.05, 3.63) is 29.0 Å². The van der Waals surface area contributed by atoms with Crippen molar-refractivity contribution in [1.29, 1.82) is 0 Å². The summed E-state index contributed by atoms with van der Waals surface area (Å²) in [5.74, 6) is -1.35. The van der Waals surface area contributed by atoms with Gasteiger partial charge >= 0.3 is 5.97 Å². The molecule has 5 nitrogen and oxygen atoms in total. The fourth-order valence-corrected chi connectivity index (χ4v) is 2.10. The largest absolute Gasteiger partial charge is 0.480 e. The van der Waals surface area contributed by atoms with Crippen LogP contribution in [0.1, 0.15) is 23.3 Å². The van der Waals surface area contributed by atoms with Gasteiger partial charge in [0.05, 0.1) is 0 Å². The van der Waals surface area contributed by atoms with Crippen LogP contribution in [-0.2, 0) is 4.79 Å². The molecule has 2 heterocycles. The summed E-state index contributed by atoms with van der Waals surface area (Å²) in [6.45, 7) is 0.448. The lowest BCUT2D eigenvalue weighted by molar-refractivity contribution is -0.141. The second-order valence-corrected chi connectivity index (χ2v) is 4.23. The molecule has 1 fully saturated rings. The maximum absolute atomic E-state index is 12.1. The molecule has 1 N–H and O–H groups in total. The zero-order valence-corrected chi connectivity index (χ0v) is 9.72. The Bertz CT molecular complexity index is 464. The molecule has 1 saturated heterocycles. The third-order valence-corrected chi connectivity index (χ3v) is 2.94. The average molecular weight is 255 g/mol. The van der Waals surface area contributed by atoms with Gasteiger partial charge in [-0.2, -0.15) is 0 Å². The molecule has 0 aliphatic carbocycles. The molecule has 6 heteroatoms. The minimum absolute atomic E-state index is 0.186. The smallest absolute Gasteiger partial charge is 0.326 e. The van der Waals surface area contributed by atoms with Crippen LogP contribution in [0, 0.1) is 0 Å². The normalized spacial score (nSPS) is 19.4. The third kappa shape index (κ3) is 2.39. The summed E-state index contributed by atoms with van der Waals surface area (Å²) >= 11 is 5.70. The summed E-state index contributed by atoms with van der Waals surface area (Å²) in [6.07, 6.45) is 1.19. The Hall–Kier alpha value is -1.62. The quantitative estimate of drug-likeness (QED) is 0.811. The Kier molecular flexibility index (Phi) is 3.28. The number of carboxylic acid groups (broad SMARTS) is 1. The first kappa shape index (κ1) is 11.9. The zero-order valence-electron chi connectivity index (χ0n) is 8.97. The van der Waals surface area contributed by atoms with Crippen molar-refractivity contribution in [2.24, 2.45) is 0 Å². The Labute approximate surface area is 103 Å². The van der Waals surface area contributed by atoms with Crippen LogP contribution in [0.2, 0.25) is 5.15 Å². The first-order valence-electron chi connectivity index (χ1n) is 5.26. The molecule has 0 aromatic carbocycles. The summed E-state index contributed by atoms with van der Waals surface area (Å²) in [5.41, 5.74) is 0.186. The molecule has 0 bridgehead atoms. The lowest BCUT2D eigenvalue weighted by atomic mass is 10.2. The number of carbonyl (C=O) groups excluding carboxylic acids is 1. The molecule has 1 aliphatic heterocycles. The Morgan fingerprint density at radius 2 is 2.24 bits per heavy atom. The summed E-state index contributed by atoms with van der Waals surface area (Å²) < 4.78 is 0. The molecule has 0 saturated carbocycles. The highest BCUT2D eigenvalue weighted by molar-refractivity contribution is 6.29. The number of amides is 1. The van der Waals surface area contributed by atoms with E-state index in [4.69, 9.17) is 16.7 Å². The van der Waals surface area contributed by atoms with Crippen molar-refractivity contribution in [3.63, 3.8) is 0 Å². The van der Waals surface area contributed by atoms with Crippen LogP contribution in [0.5, 0.6) is 0 Å². The topological polar surface area (TPSA) is 70.5 Å². The van der Waals surface area contributed by atoms with Crippen molar-refractivity contribution >= 4 is 23.5 Å². The molecule has 1 aromatic rings. The summed E-state index contributed by atoms with van der Waals surface area (Å²) in [4.78, 5) is 28.3. The van der Waals surface area contributed by atoms with Crippen molar-refractivity contribution < 1.29 is 14.7 Å². The van der Waals surface area contributed by atoms with Crippen LogP contribution < -0.4 is 0 Å². The highest BCUT2D eigenvalue weighted by Gasteiger charge is 2.34. The van der Waals surface area contributed by atoms with E-state index in [2.05, 4.69) is 4.98 Å². The molecule has 17 heavy (non-hydrogen) atoms. The molecule has 0 spiro atoms. The van der Waals surface area contributed by atoms with Gasteiger partial charge in [-0.1, -0.05) is 17.7 Å². The third-order valence-electron chi connectivity index (χ3n) is 2.73. The number of halogens is 1. The Morgan fingerprint density at radius 1 is 1.47 bits per heavy atom. The molecule has 0 radical (unpaired) electrons. The van der Waals surface area contributed by atoms with Gasteiger partial charge in [-0.05, 0) is 25.0 Å². The molecular weight excluding hydrogens is 244 g/mol. The molecule has 1 atom stereocenters. The number of rotatable bonds is 2. The summed E-state index contributed by atoms with van der Waals surface area (Å²) in [7, 11) is 0. The number of hydrogen-bond acceptors (Lipinski definition) is 3. The van der Waals surface area contributed by atoms with E-state index in [0.717, 1.165) is 0 Å². The highest BCUT2D eigenvalue weighted by atomic mass is 35.5. The van der Waals surface area contributed by atoms with Crippen LogP contribution in [-0.4, -0.2) is 39.5 Å². The predicted octanol–water partition coefficient (Wildman–Crippen LogP) is 1.42. The zero-order chi connectivity index (χ0) is 12.4. The summed E-state index contributed by atoms with van der Waals surface area (Å²) in [6, 6.07) is 3.97. The number of aliphatic carboxylic acids is 1. The van der Waals surface area contributed by atoms with E-state index in [1.807, 2.05) is 0 Å². The monoisotopic (exact) mass is 254 g/mol. The van der Waals surface area contributed by atoms with Crippen molar-refractivity contribution in [2.45, 2.75) is 18.9 Å². The molecule has 0 unspecified atom stereocenters. The molecule has 2 rings (SSSR count). The number of hydrogen-bond donors (Lipinski definition) is 1. The molecule has 90 valence electrons. The molecule has 1 aromatic heterocycles. The molecule has 1 aliphatic rings. The lowest BCUT2D eigenvalue weighted by Crippen LogP contribution is -2.40. The predicted molar refractivity (Wildman–Crippen MR) is 60.9 cm³/mol. The van der Waals surface area contributed by atoms with Gasteiger partial charge in [-0.25, -0.2) is 9.78 Å². The van der Waals surface area contributed by atoms with Gasteiger partial charge in [0, 0.05) is 6.54 Å². The Balaban J connectivity index is 2.23. The SMILES string of the molecule is O=C(O)[C@@H]1CCCN1C(=O)c1cccc(Cl)n1. The van der Waals surface area contributed by atoms with Crippen LogP contribution in [0.4, 0.5) is 0 Å². The number of aromatic nitrogens is 1. The fraction of sp³-hybridized carbons (Fsp3) is 0.364. The van der Waals surface area contributed by atoms with Crippen molar-refractivity contribution in [2.75, 3.05) is 6.54 Å². The van der Waals surface area contributed by atoms with Gasteiger partial charge in [0.25, 0.3) is 5.91 Å². The lowest BCUT2D eigenvalue weighted by Gasteiger charge is -2.20. The molecule has 1 amide bonds. The van der Waals surface area contributed by atoms with E-state index in [-0.39, 0.29) is 16.8 Å². The minimum Gasteiger partial charge on any atom is -0.480 e. The van der Waals surface area contributed by atoms with Gasteiger partial charge in [0.15, 0.2) is 0 Å². The van der Waals surface area contributed by atoms with E-state index in [1.165, 1.54) is 11.0 Å². The first-order valence-corrected chi connectivity index (χ1v) is 5.63. The maximum atomic E-state index is 12.1. The van der Waals surface area contributed by atoms with Crippen molar-refractivity contribution in [3.8, 4) is 0 Å². The van der Waals surface area contributed by atoms with Gasteiger partial charge in [0.1, 0.15) is 16.9 Å². The van der Waals surface area contributed by atoms with Crippen LogP contribution >= 0.6 is 11.6 Å². The van der Waals surface area contributed by atoms with Crippen LogP contribution in [0.3, 0.4) is 0 Å². The first-order chi connectivity index (χ1) is 8.09. The fourth-order valence-electron chi connectivity index (χ4n) is 1.94. The van der Waals surface area contributed by atoms with E-state index < -0.39 is 12.0 Å². The molecular formula is C11H11ClN2O3. The van der Waals surface area contributed by atoms with E-state index in [0.29, 0.717) is 19.4 Å². The standard InChI is InChI=1S/C11H11ClN2O3/c12-9-5-1-3-7(13-9)10(15)14-6-2-4-8(14)11(16)17/h1,3,5,8H,2,4,6H2,(H,16,17)/t8-/m0/s1. The van der Waals surface area contributed by atoms with E-state index in [9.17, 15) is 9.59 Å². The minimum atomic E-state index is -0.974. The van der Waals surface area contributed by atoms with Crippen LogP contribution in [0.15, 0.2) is 18.2 Å². The number of likely N-dealkylation sites (tertiary alicyclic amines) is 1. The maximum Gasteiger partial charge on any atom is 0.326 e. The second kappa shape index (κ2) is 4.71.